The molecule has 0 spiro atoms. The quantitative estimate of drug-likeness (QED) is 0.251. The van der Waals surface area contributed by atoms with Gasteiger partial charge in [0, 0.05) is 29.3 Å². The Morgan fingerprint density at radius 3 is 2.64 bits per heavy atom. The van der Waals surface area contributed by atoms with Crippen LogP contribution in [0.2, 0.25) is 0 Å². The van der Waals surface area contributed by atoms with Crippen LogP contribution in [0.5, 0.6) is 11.8 Å². The normalized spacial score (nSPS) is 13.2. The largest absolute Gasteiger partial charge is 0.490 e. The van der Waals surface area contributed by atoms with Gasteiger partial charge in [-0.25, -0.2) is 13.8 Å². The first-order valence-corrected chi connectivity index (χ1v) is 13.0. The summed E-state index contributed by atoms with van der Waals surface area (Å²) in [5.74, 6) is -2.82. The van der Waals surface area contributed by atoms with Gasteiger partial charge in [0.1, 0.15) is 52.0 Å². The third kappa shape index (κ3) is 4.14. The van der Waals surface area contributed by atoms with Crippen LogP contribution in [0.4, 0.5) is 38.6 Å². The minimum atomic E-state index is -5.17. The van der Waals surface area contributed by atoms with Crippen LogP contribution in [0.25, 0.3) is 32.1 Å². The van der Waals surface area contributed by atoms with Crippen LogP contribution in [0.15, 0.2) is 30.5 Å². The fourth-order valence-corrected chi connectivity index (χ4v) is 6.02. The molecule has 0 unspecified atom stereocenters. The zero-order valence-electron chi connectivity index (χ0n) is 21.5. The third-order valence-corrected chi connectivity index (χ3v) is 7.89. The van der Waals surface area contributed by atoms with Gasteiger partial charge in [-0.3, -0.25) is 0 Å². The molecule has 0 amide bonds. The molecule has 4 N–H and O–H groups in total. The Labute approximate surface area is 237 Å². The Kier molecular flexibility index (Phi) is 6.38. The van der Waals surface area contributed by atoms with Crippen molar-refractivity contribution in [2.45, 2.75) is 12.7 Å². The lowest BCUT2D eigenvalue weighted by Crippen LogP contribution is -2.28. The summed E-state index contributed by atoms with van der Waals surface area (Å²) in [5.41, 5.74) is 8.81. The first-order valence-electron chi connectivity index (χ1n) is 12.2. The van der Waals surface area contributed by atoms with E-state index in [2.05, 4.69) is 15.0 Å². The third-order valence-electron chi connectivity index (χ3n) is 6.86. The molecule has 0 bridgehead atoms. The number of alkyl halides is 3. The molecule has 42 heavy (non-hydrogen) atoms. The molecule has 5 aromatic rings. The maximum Gasteiger partial charge on any atom is 0.420 e. The lowest BCUT2D eigenvalue weighted by atomic mass is 9.91. The van der Waals surface area contributed by atoms with Crippen molar-refractivity contribution in [3.8, 4) is 29.0 Å². The van der Waals surface area contributed by atoms with E-state index in [1.807, 2.05) is 0 Å². The summed E-state index contributed by atoms with van der Waals surface area (Å²) < 4.78 is 87.0. The predicted octanol–water partition coefficient (Wildman–Crippen LogP) is 5.65. The second-order valence-corrected chi connectivity index (χ2v) is 10.3. The highest BCUT2D eigenvalue weighted by molar-refractivity contribution is 7.23. The molecule has 4 heterocycles. The number of hydrogen-bond donors (Lipinski definition) is 2. The highest BCUT2D eigenvalue weighted by atomic mass is 32.1. The van der Waals surface area contributed by atoms with E-state index in [1.54, 1.807) is 23.1 Å². The van der Waals surface area contributed by atoms with Crippen molar-refractivity contribution >= 4 is 49.0 Å². The minimum absolute atomic E-state index is 0.0347. The van der Waals surface area contributed by atoms with Crippen molar-refractivity contribution in [1.82, 2.24) is 15.0 Å². The lowest BCUT2D eigenvalue weighted by Gasteiger charge is -2.24. The van der Waals surface area contributed by atoms with E-state index in [0.717, 1.165) is 12.1 Å². The van der Waals surface area contributed by atoms with Crippen LogP contribution in [0, 0.1) is 23.0 Å². The average Bonchev–Trinajstić information content (AvgIpc) is 3.20. The first kappa shape index (κ1) is 27.2. The Balaban J connectivity index is 1.74. The number of nitrogens with zero attached hydrogens (tertiary/aromatic N) is 5. The molecule has 0 saturated carbocycles. The molecule has 1 aliphatic rings. The van der Waals surface area contributed by atoms with Gasteiger partial charge in [-0.1, -0.05) is 12.1 Å². The lowest BCUT2D eigenvalue weighted by molar-refractivity contribution is -0.138. The van der Waals surface area contributed by atoms with Crippen LogP contribution in [-0.2, 0) is 12.7 Å². The monoisotopic (exact) mass is 599 g/mol. The number of methoxy groups -OCH3 is 1. The van der Waals surface area contributed by atoms with E-state index in [0.29, 0.717) is 16.9 Å². The number of fused-ring (bicyclic) bond motifs is 1. The number of ether oxygens (including phenoxy) is 2. The van der Waals surface area contributed by atoms with Crippen molar-refractivity contribution in [2.75, 3.05) is 36.6 Å². The smallest absolute Gasteiger partial charge is 0.420 e. The molecule has 214 valence electrons. The van der Waals surface area contributed by atoms with Crippen LogP contribution >= 0.6 is 11.3 Å². The number of anilines is 3. The fourth-order valence-electron chi connectivity index (χ4n) is 5.07. The molecular weight excluding hydrogens is 581 g/mol. The number of benzene rings is 2. The van der Waals surface area contributed by atoms with Crippen LogP contribution in [0.1, 0.15) is 16.7 Å². The Hall–Kier alpha value is -4.97. The van der Waals surface area contributed by atoms with E-state index in [4.69, 9.17) is 20.9 Å². The van der Waals surface area contributed by atoms with Gasteiger partial charge in [0.2, 0.25) is 0 Å². The van der Waals surface area contributed by atoms with E-state index in [-0.39, 0.29) is 63.4 Å². The van der Waals surface area contributed by atoms with Gasteiger partial charge in [0.25, 0.3) is 0 Å². The summed E-state index contributed by atoms with van der Waals surface area (Å²) in [6, 6.07) is 6.68. The number of aromatic nitrogens is 3. The van der Waals surface area contributed by atoms with Crippen molar-refractivity contribution in [1.29, 1.82) is 5.26 Å². The molecule has 0 fully saturated rings. The van der Waals surface area contributed by atoms with E-state index in [1.165, 1.54) is 13.3 Å². The number of rotatable bonds is 4. The molecule has 0 aliphatic carbocycles. The second kappa shape index (κ2) is 9.84. The van der Waals surface area contributed by atoms with Gasteiger partial charge in [-0.05, 0) is 17.7 Å². The summed E-state index contributed by atoms with van der Waals surface area (Å²) in [6.07, 6.45) is -3.68. The molecule has 0 saturated heterocycles. The SMILES string of the molecule is COc1nc2c3c(c(C(F)(F)F)c(-c4ccc(F)c5sc(N)c(C#N)c45)c(F)c3n1)OCCN2Cc1cccnc1N. The zero-order chi connectivity index (χ0) is 29.9. The van der Waals surface area contributed by atoms with Crippen LogP contribution in [-0.4, -0.2) is 35.2 Å². The fraction of sp³-hybridized carbons (Fsp3) is 0.185. The number of pyridine rings is 1. The summed E-state index contributed by atoms with van der Waals surface area (Å²) in [6.45, 7) is -0.163. The van der Waals surface area contributed by atoms with Gasteiger partial charge in [-0.15, -0.1) is 11.3 Å². The molecule has 15 heteroatoms. The number of halogens is 5. The number of nitrogen functional groups attached to an aromatic ring is 2. The number of hydrogen-bond acceptors (Lipinski definition) is 10. The van der Waals surface area contributed by atoms with Gasteiger partial charge in [0.05, 0.1) is 29.3 Å². The maximum absolute atomic E-state index is 16.6. The Bertz CT molecular complexity index is 1950. The minimum Gasteiger partial charge on any atom is -0.490 e. The Morgan fingerprint density at radius 2 is 1.95 bits per heavy atom. The Morgan fingerprint density at radius 1 is 1.17 bits per heavy atom. The van der Waals surface area contributed by atoms with Crippen molar-refractivity contribution in [3.63, 3.8) is 0 Å². The summed E-state index contributed by atoms with van der Waals surface area (Å²) in [4.78, 5) is 14.0. The average molecular weight is 600 g/mol. The molecule has 2 aromatic carbocycles. The second-order valence-electron chi connectivity index (χ2n) is 9.22. The predicted molar refractivity (Wildman–Crippen MR) is 146 cm³/mol. The van der Waals surface area contributed by atoms with E-state index >= 15 is 4.39 Å². The topological polar surface area (TPSA) is 136 Å². The molecule has 0 radical (unpaired) electrons. The van der Waals surface area contributed by atoms with Crippen molar-refractivity contribution in [3.05, 3.63) is 58.8 Å². The van der Waals surface area contributed by atoms with Gasteiger partial charge in [-0.2, -0.15) is 28.4 Å². The molecule has 9 nitrogen and oxygen atoms in total. The summed E-state index contributed by atoms with van der Waals surface area (Å²) >= 11 is 0.675. The maximum atomic E-state index is 16.6. The number of thiophene rings is 1. The van der Waals surface area contributed by atoms with Gasteiger partial charge < -0.3 is 25.8 Å². The summed E-state index contributed by atoms with van der Waals surface area (Å²) in [7, 11) is 1.23. The van der Waals surface area contributed by atoms with Gasteiger partial charge in [0.15, 0.2) is 5.82 Å². The van der Waals surface area contributed by atoms with Crippen LogP contribution < -0.4 is 25.8 Å². The number of nitriles is 1. The van der Waals surface area contributed by atoms with Crippen LogP contribution in [0.3, 0.4) is 0 Å². The molecule has 3 aromatic heterocycles. The first-order chi connectivity index (χ1) is 20.0. The molecule has 1 aliphatic heterocycles. The molecule has 0 atom stereocenters. The van der Waals surface area contributed by atoms with Crippen molar-refractivity contribution < 1.29 is 31.4 Å². The van der Waals surface area contributed by atoms with E-state index < -0.39 is 45.8 Å². The zero-order valence-corrected chi connectivity index (χ0v) is 22.3. The highest BCUT2D eigenvalue weighted by Gasteiger charge is 2.43. The van der Waals surface area contributed by atoms with Crippen molar-refractivity contribution in [2.24, 2.45) is 0 Å². The van der Waals surface area contributed by atoms with Gasteiger partial charge >= 0.3 is 12.2 Å². The molecular formula is C27H18F5N7O2S. The number of nitrogens with two attached hydrogens (primary N) is 2. The summed E-state index contributed by atoms with van der Waals surface area (Å²) in [5, 5.41) is 9.00. The standard InChI is InChI=1S/C27H18F5N7O2S/c1-40-26-37-20-17-21(41-8-7-39(25(17)38-26)10-11-3-2-6-36-23(11)34)18(27(30,31)32)16(19(20)29)12-4-5-14(28)22-15(12)13(9-33)24(35)42-22/h2-6H,7-8,10,35H2,1H3,(H2,34,36). The molecule has 6 rings (SSSR count). The van der Waals surface area contributed by atoms with E-state index in [9.17, 15) is 22.8 Å². The highest BCUT2D eigenvalue weighted by Crippen LogP contribution is 2.53.